The van der Waals surface area contributed by atoms with Gasteiger partial charge in [0.15, 0.2) is 0 Å². The lowest BCUT2D eigenvalue weighted by atomic mass is 9.83. The molecule has 1 aliphatic rings. The average molecular weight is 270 g/mol. The number of hydrogen-bond acceptors (Lipinski definition) is 5. The quantitative estimate of drug-likeness (QED) is 0.884. The van der Waals surface area contributed by atoms with Crippen LogP contribution in [-0.2, 0) is 11.3 Å². The van der Waals surface area contributed by atoms with Crippen molar-refractivity contribution < 1.29 is 9.84 Å². The van der Waals surface area contributed by atoms with E-state index in [1.807, 2.05) is 12.4 Å². The molecule has 0 radical (unpaired) electrons. The van der Waals surface area contributed by atoms with Gasteiger partial charge in [-0.1, -0.05) is 0 Å². The zero-order chi connectivity index (χ0) is 13.0. The van der Waals surface area contributed by atoms with Gasteiger partial charge in [-0.15, -0.1) is 11.3 Å². The van der Waals surface area contributed by atoms with Crippen LogP contribution in [0.1, 0.15) is 23.4 Å². The topological polar surface area (TPSA) is 45.6 Å². The van der Waals surface area contributed by atoms with E-state index in [9.17, 15) is 5.11 Å². The van der Waals surface area contributed by atoms with E-state index in [4.69, 9.17) is 4.74 Å². The Balaban J connectivity index is 1.93. The van der Waals surface area contributed by atoms with Crippen LogP contribution in [0.15, 0.2) is 5.51 Å². The molecule has 2 heterocycles. The van der Waals surface area contributed by atoms with Gasteiger partial charge < -0.3 is 14.7 Å². The maximum absolute atomic E-state index is 9.65. The summed E-state index contributed by atoms with van der Waals surface area (Å²) in [6, 6.07) is 0. The number of aliphatic hydroxyl groups is 1. The van der Waals surface area contributed by atoms with E-state index in [2.05, 4.69) is 16.9 Å². The predicted molar refractivity (Wildman–Crippen MR) is 72.8 cm³/mol. The first kappa shape index (κ1) is 13.9. The van der Waals surface area contributed by atoms with Gasteiger partial charge in [-0.05, 0) is 26.8 Å². The first-order valence-electron chi connectivity index (χ1n) is 6.41. The van der Waals surface area contributed by atoms with Crippen molar-refractivity contribution in [3.05, 3.63) is 16.1 Å². The summed E-state index contributed by atoms with van der Waals surface area (Å²) in [4.78, 5) is 7.85. The molecule has 0 saturated carbocycles. The summed E-state index contributed by atoms with van der Waals surface area (Å²) >= 11 is 1.70. The number of aromatic nitrogens is 1. The highest BCUT2D eigenvalue weighted by molar-refractivity contribution is 7.09. The SMILES string of the molecule is Cc1ncsc1CN(C)CC1(CO)CCCOC1. The van der Waals surface area contributed by atoms with Crippen LogP contribution in [0.2, 0.25) is 0 Å². The van der Waals surface area contributed by atoms with Gasteiger partial charge in [0, 0.05) is 30.0 Å². The first-order valence-corrected chi connectivity index (χ1v) is 7.29. The van der Waals surface area contributed by atoms with E-state index < -0.39 is 0 Å². The van der Waals surface area contributed by atoms with E-state index in [1.54, 1.807) is 11.3 Å². The number of aryl methyl sites for hydroxylation is 1. The lowest BCUT2D eigenvalue weighted by Gasteiger charge is -2.38. The Kier molecular flexibility index (Phi) is 4.72. The van der Waals surface area contributed by atoms with E-state index in [0.717, 1.165) is 38.2 Å². The Hall–Kier alpha value is -0.490. The van der Waals surface area contributed by atoms with Crippen LogP contribution < -0.4 is 0 Å². The van der Waals surface area contributed by atoms with Crippen molar-refractivity contribution in [3.8, 4) is 0 Å². The summed E-state index contributed by atoms with van der Waals surface area (Å²) in [5, 5.41) is 9.65. The number of thiazole rings is 1. The molecule has 1 aliphatic heterocycles. The Labute approximate surface area is 113 Å². The summed E-state index contributed by atoms with van der Waals surface area (Å²) in [6.45, 7) is 5.54. The molecule has 1 unspecified atom stereocenters. The van der Waals surface area contributed by atoms with Crippen LogP contribution in [0, 0.1) is 12.3 Å². The molecule has 0 aliphatic carbocycles. The van der Waals surface area contributed by atoms with Crippen LogP contribution in [0.25, 0.3) is 0 Å². The summed E-state index contributed by atoms with van der Waals surface area (Å²) in [5.41, 5.74) is 2.93. The summed E-state index contributed by atoms with van der Waals surface area (Å²) < 4.78 is 5.54. The third-order valence-electron chi connectivity index (χ3n) is 3.60. The van der Waals surface area contributed by atoms with Gasteiger partial charge in [0.2, 0.25) is 0 Å². The minimum Gasteiger partial charge on any atom is -0.396 e. The summed E-state index contributed by atoms with van der Waals surface area (Å²) in [5.74, 6) is 0. The average Bonchev–Trinajstić information content (AvgIpc) is 2.76. The molecule has 0 amide bonds. The molecule has 0 aromatic carbocycles. The monoisotopic (exact) mass is 270 g/mol. The molecule has 1 aromatic heterocycles. The van der Waals surface area contributed by atoms with Gasteiger partial charge in [0.05, 0.1) is 24.4 Å². The molecule has 0 bridgehead atoms. The van der Waals surface area contributed by atoms with Crippen molar-refractivity contribution in [2.45, 2.75) is 26.3 Å². The van der Waals surface area contributed by atoms with Crippen LogP contribution in [0.4, 0.5) is 0 Å². The molecule has 1 aromatic rings. The highest BCUT2D eigenvalue weighted by atomic mass is 32.1. The maximum atomic E-state index is 9.65. The number of nitrogens with zero attached hydrogens (tertiary/aromatic N) is 2. The van der Waals surface area contributed by atoms with Crippen LogP contribution >= 0.6 is 11.3 Å². The molecule has 5 heteroatoms. The first-order chi connectivity index (χ1) is 8.65. The van der Waals surface area contributed by atoms with E-state index in [-0.39, 0.29) is 12.0 Å². The summed E-state index contributed by atoms with van der Waals surface area (Å²) in [7, 11) is 2.10. The zero-order valence-electron chi connectivity index (χ0n) is 11.2. The zero-order valence-corrected chi connectivity index (χ0v) is 12.0. The highest BCUT2D eigenvalue weighted by Crippen LogP contribution is 2.29. The second kappa shape index (κ2) is 6.10. The van der Waals surface area contributed by atoms with Gasteiger partial charge in [0.25, 0.3) is 0 Å². The molecule has 1 atom stereocenters. The second-order valence-corrected chi connectivity index (χ2v) is 6.29. The molecule has 4 nitrogen and oxygen atoms in total. The van der Waals surface area contributed by atoms with Crippen molar-refractivity contribution in [1.82, 2.24) is 9.88 Å². The third-order valence-corrected chi connectivity index (χ3v) is 4.52. The second-order valence-electron chi connectivity index (χ2n) is 5.35. The molecule has 1 saturated heterocycles. The Morgan fingerprint density at radius 2 is 2.44 bits per heavy atom. The minimum absolute atomic E-state index is 0.0778. The predicted octanol–water partition coefficient (Wildman–Crippen LogP) is 1.67. The number of hydrogen-bond donors (Lipinski definition) is 1. The van der Waals surface area contributed by atoms with Crippen molar-refractivity contribution in [2.24, 2.45) is 5.41 Å². The fraction of sp³-hybridized carbons (Fsp3) is 0.769. The standard InChI is InChI=1S/C13H22N2O2S/c1-11-12(18-10-14-11)6-15(2)7-13(8-16)4-3-5-17-9-13/h10,16H,3-9H2,1-2H3. The van der Waals surface area contributed by atoms with E-state index in [1.165, 1.54) is 4.88 Å². The lowest BCUT2D eigenvalue weighted by Crippen LogP contribution is -2.44. The summed E-state index contributed by atoms with van der Waals surface area (Å²) in [6.07, 6.45) is 2.10. The molecule has 0 spiro atoms. The third kappa shape index (κ3) is 3.29. The van der Waals surface area contributed by atoms with Crippen molar-refractivity contribution >= 4 is 11.3 Å². The van der Waals surface area contributed by atoms with Crippen LogP contribution in [0.5, 0.6) is 0 Å². The van der Waals surface area contributed by atoms with Gasteiger partial charge in [-0.25, -0.2) is 4.98 Å². The number of ether oxygens (including phenoxy) is 1. The molecule has 2 rings (SSSR count). The highest BCUT2D eigenvalue weighted by Gasteiger charge is 2.33. The molecule has 18 heavy (non-hydrogen) atoms. The van der Waals surface area contributed by atoms with Gasteiger partial charge in [-0.2, -0.15) is 0 Å². The van der Waals surface area contributed by atoms with Gasteiger partial charge >= 0.3 is 0 Å². The van der Waals surface area contributed by atoms with Crippen molar-refractivity contribution in [3.63, 3.8) is 0 Å². The maximum Gasteiger partial charge on any atom is 0.0798 e. The fourth-order valence-corrected chi connectivity index (χ4v) is 3.42. The number of aliphatic hydroxyl groups excluding tert-OH is 1. The normalized spacial score (nSPS) is 24.7. The largest absolute Gasteiger partial charge is 0.396 e. The van der Waals surface area contributed by atoms with Gasteiger partial charge in [0.1, 0.15) is 0 Å². The molecular weight excluding hydrogens is 248 g/mol. The number of rotatable bonds is 5. The smallest absolute Gasteiger partial charge is 0.0798 e. The molecule has 1 N–H and O–H groups in total. The molecule has 102 valence electrons. The lowest BCUT2D eigenvalue weighted by molar-refractivity contribution is -0.0530. The van der Waals surface area contributed by atoms with Gasteiger partial charge in [-0.3, -0.25) is 0 Å². The van der Waals surface area contributed by atoms with Crippen molar-refractivity contribution in [2.75, 3.05) is 33.4 Å². The van der Waals surface area contributed by atoms with Crippen molar-refractivity contribution in [1.29, 1.82) is 0 Å². The Bertz CT molecular complexity index is 375. The fourth-order valence-electron chi connectivity index (χ4n) is 2.56. The Morgan fingerprint density at radius 3 is 3.00 bits per heavy atom. The molecular formula is C13H22N2O2S. The van der Waals surface area contributed by atoms with E-state index in [0.29, 0.717) is 6.61 Å². The molecule has 1 fully saturated rings. The van der Waals surface area contributed by atoms with E-state index >= 15 is 0 Å². The van der Waals surface area contributed by atoms with Crippen LogP contribution in [0.3, 0.4) is 0 Å². The minimum atomic E-state index is -0.0778. The Morgan fingerprint density at radius 1 is 1.61 bits per heavy atom. The van der Waals surface area contributed by atoms with Crippen LogP contribution in [-0.4, -0.2) is 48.4 Å².